The summed E-state index contributed by atoms with van der Waals surface area (Å²) < 4.78 is 7.22. The third kappa shape index (κ3) is 4.13. The van der Waals surface area contributed by atoms with Gasteiger partial charge in [0.1, 0.15) is 17.4 Å². The van der Waals surface area contributed by atoms with E-state index < -0.39 is 5.91 Å². The van der Waals surface area contributed by atoms with Crippen LogP contribution >= 0.6 is 11.6 Å². The van der Waals surface area contributed by atoms with Gasteiger partial charge in [-0.3, -0.25) is 4.79 Å². The van der Waals surface area contributed by atoms with Crippen LogP contribution in [-0.2, 0) is 11.3 Å². The first kappa shape index (κ1) is 18.6. The molecule has 0 saturated carbocycles. The number of aromatic nitrogens is 1. The second-order valence-corrected chi connectivity index (χ2v) is 6.51. The van der Waals surface area contributed by atoms with Gasteiger partial charge in [-0.05, 0) is 61.9 Å². The van der Waals surface area contributed by atoms with Gasteiger partial charge in [-0.15, -0.1) is 0 Å². The Labute approximate surface area is 162 Å². The fourth-order valence-electron chi connectivity index (χ4n) is 2.93. The molecule has 27 heavy (non-hydrogen) atoms. The number of rotatable bonds is 5. The number of furan rings is 1. The first-order chi connectivity index (χ1) is 13.0. The maximum Gasteiger partial charge on any atom is 0.262 e. The summed E-state index contributed by atoms with van der Waals surface area (Å²) in [7, 11) is 0. The molecule has 6 heteroatoms. The second kappa shape index (κ2) is 7.98. The lowest BCUT2D eigenvalue weighted by Crippen LogP contribution is -2.23. The van der Waals surface area contributed by atoms with Gasteiger partial charge in [0.25, 0.3) is 5.91 Å². The van der Waals surface area contributed by atoms with Crippen molar-refractivity contribution in [2.24, 2.45) is 0 Å². The number of nitriles is 1. The number of hydrogen-bond donors (Lipinski definition) is 1. The monoisotopic (exact) mass is 379 g/mol. The summed E-state index contributed by atoms with van der Waals surface area (Å²) in [5.74, 6) is 0.182. The highest BCUT2D eigenvalue weighted by Crippen LogP contribution is 2.24. The Balaban J connectivity index is 1.87. The van der Waals surface area contributed by atoms with Crippen LogP contribution in [0.2, 0.25) is 5.02 Å². The summed E-state index contributed by atoms with van der Waals surface area (Å²) in [6, 6.07) is 14.9. The van der Waals surface area contributed by atoms with Crippen LogP contribution < -0.4 is 5.32 Å². The maximum absolute atomic E-state index is 12.3. The van der Waals surface area contributed by atoms with Crippen molar-refractivity contribution >= 4 is 23.6 Å². The van der Waals surface area contributed by atoms with Crippen LogP contribution in [0.1, 0.15) is 22.7 Å². The molecule has 1 aromatic carbocycles. The number of benzene rings is 1. The largest absolute Gasteiger partial charge is 0.467 e. The highest BCUT2D eigenvalue weighted by Gasteiger charge is 2.14. The lowest BCUT2D eigenvalue weighted by atomic mass is 10.1. The first-order valence-corrected chi connectivity index (χ1v) is 8.74. The molecule has 3 aromatic rings. The predicted molar refractivity (Wildman–Crippen MR) is 104 cm³/mol. The van der Waals surface area contributed by atoms with Crippen molar-refractivity contribution in [2.75, 3.05) is 0 Å². The Morgan fingerprint density at radius 3 is 2.78 bits per heavy atom. The minimum absolute atomic E-state index is 0.0351. The average Bonchev–Trinajstić information content (AvgIpc) is 3.25. The van der Waals surface area contributed by atoms with Crippen molar-refractivity contribution in [1.82, 2.24) is 9.88 Å². The number of aryl methyl sites for hydroxylation is 1. The topological polar surface area (TPSA) is 71.0 Å². The van der Waals surface area contributed by atoms with Crippen molar-refractivity contribution in [2.45, 2.75) is 20.4 Å². The van der Waals surface area contributed by atoms with Gasteiger partial charge in [-0.25, -0.2) is 0 Å². The fourth-order valence-corrected chi connectivity index (χ4v) is 3.11. The zero-order valence-electron chi connectivity index (χ0n) is 15.0. The molecule has 0 aliphatic rings. The van der Waals surface area contributed by atoms with Crippen molar-refractivity contribution in [1.29, 1.82) is 5.26 Å². The van der Waals surface area contributed by atoms with Crippen molar-refractivity contribution in [3.05, 3.63) is 82.0 Å². The molecule has 0 spiro atoms. The van der Waals surface area contributed by atoms with E-state index in [1.807, 2.05) is 54.8 Å². The van der Waals surface area contributed by atoms with E-state index in [2.05, 4.69) is 5.32 Å². The molecule has 0 aliphatic heterocycles. The molecule has 2 aromatic heterocycles. The number of amides is 1. The van der Waals surface area contributed by atoms with Crippen LogP contribution in [0.25, 0.3) is 11.8 Å². The summed E-state index contributed by atoms with van der Waals surface area (Å²) in [6.45, 7) is 4.14. The van der Waals surface area contributed by atoms with Crippen molar-refractivity contribution < 1.29 is 9.21 Å². The third-order valence-corrected chi connectivity index (χ3v) is 4.44. The number of carbonyl (C=O) groups excluding carboxylic acids is 1. The Morgan fingerprint density at radius 1 is 1.30 bits per heavy atom. The van der Waals surface area contributed by atoms with E-state index in [4.69, 9.17) is 16.0 Å². The van der Waals surface area contributed by atoms with Gasteiger partial charge in [0.15, 0.2) is 0 Å². The van der Waals surface area contributed by atoms with Crippen LogP contribution in [0, 0.1) is 25.2 Å². The van der Waals surface area contributed by atoms with Crippen LogP contribution in [0.4, 0.5) is 0 Å². The zero-order chi connectivity index (χ0) is 19.4. The maximum atomic E-state index is 12.3. The molecule has 0 aliphatic carbocycles. The molecule has 0 fully saturated rings. The summed E-state index contributed by atoms with van der Waals surface area (Å²) >= 11 is 6.10. The fraction of sp³-hybridized carbons (Fsp3) is 0.143. The van der Waals surface area contributed by atoms with Crippen LogP contribution in [0.3, 0.4) is 0 Å². The molecule has 2 heterocycles. The quantitative estimate of drug-likeness (QED) is 0.521. The summed E-state index contributed by atoms with van der Waals surface area (Å²) in [6.07, 6.45) is 3.13. The van der Waals surface area contributed by atoms with Crippen molar-refractivity contribution in [3.63, 3.8) is 0 Å². The van der Waals surface area contributed by atoms with Gasteiger partial charge in [-0.2, -0.15) is 5.26 Å². The Kier molecular flexibility index (Phi) is 5.49. The average molecular weight is 380 g/mol. The molecule has 1 N–H and O–H groups in total. The van der Waals surface area contributed by atoms with E-state index in [0.29, 0.717) is 10.8 Å². The van der Waals surface area contributed by atoms with E-state index in [9.17, 15) is 10.1 Å². The lowest BCUT2D eigenvalue weighted by molar-refractivity contribution is -0.117. The predicted octanol–water partition coefficient (Wildman–Crippen LogP) is 4.56. The van der Waals surface area contributed by atoms with Crippen LogP contribution in [0.5, 0.6) is 0 Å². The Morgan fingerprint density at radius 2 is 2.11 bits per heavy atom. The Bertz CT molecular complexity index is 1040. The molecule has 0 atom stereocenters. The molecule has 0 bridgehead atoms. The molecule has 3 rings (SSSR count). The smallest absolute Gasteiger partial charge is 0.262 e. The minimum Gasteiger partial charge on any atom is -0.467 e. The standard InChI is InChI=1S/C21H18ClN3O2/c1-14-9-16(15(2)25(14)19-6-3-5-18(22)11-19)10-17(12-23)21(26)24-13-20-7-4-8-27-20/h3-11H,13H2,1-2H3,(H,24,26). The molecule has 0 saturated heterocycles. The van der Waals surface area contributed by atoms with Gasteiger partial charge in [-0.1, -0.05) is 17.7 Å². The number of carbonyl (C=O) groups is 1. The van der Waals surface area contributed by atoms with E-state index in [1.165, 1.54) is 6.26 Å². The van der Waals surface area contributed by atoms with E-state index in [1.54, 1.807) is 18.2 Å². The number of nitrogens with zero attached hydrogens (tertiary/aromatic N) is 2. The van der Waals surface area contributed by atoms with Gasteiger partial charge in [0.05, 0.1) is 12.8 Å². The van der Waals surface area contributed by atoms with Crippen LogP contribution in [-0.4, -0.2) is 10.5 Å². The summed E-state index contributed by atoms with van der Waals surface area (Å²) in [5.41, 5.74) is 3.67. The molecular weight excluding hydrogens is 362 g/mol. The second-order valence-electron chi connectivity index (χ2n) is 6.07. The highest BCUT2D eigenvalue weighted by molar-refractivity contribution is 6.30. The lowest BCUT2D eigenvalue weighted by Gasteiger charge is -2.10. The van der Waals surface area contributed by atoms with Gasteiger partial charge in [0, 0.05) is 22.1 Å². The number of halogens is 1. The van der Waals surface area contributed by atoms with E-state index in [-0.39, 0.29) is 12.1 Å². The highest BCUT2D eigenvalue weighted by atomic mass is 35.5. The molecule has 1 amide bonds. The number of nitrogens with one attached hydrogen (secondary N) is 1. The van der Waals surface area contributed by atoms with E-state index in [0.717, 1.165) is 22.6 Å². The number of hydrogen-bond acceptors (Lipinski definition) is 3. The zero-order valence-corrected chi connectivity index (χ0v) is 15.7. The van der Waals surface area contributed by atoms with Crippen LogP contribution in [0.15, 0.2) is 58.7 Å². The SMILES string of the molecule is Cc1cc(C=C(C#N)C(=O)NCc2ccco2)c(C)n1-c1cccc(Cl)c1. The Hall–Kier alpha value is -3.23. The van der Waals surface area contributed by atoms with Crippen molar-refractivity contribution in [3.8, 4) is 11.8 Å². The van der Waals surface area contributed by atoms with E-state index >= 15 is 0 Å². The van der Waals surface area contributed by atoms with Gasteiger partial charge >= 0.3 is 0 Å². The third-order valence-electron chi connectivity index (χ3n) is 4.20. The molecule has 0 radical (unpaired) electrons. The molecule has 5 nitrogen and oxygen atoms in total. The molecule has 136 valence electrons. The van der Waals surface area contributed by atoms with Gasteiger partial charge in [0.2, 0.25) is 0 Å². The molecular formula is C21H18ClN3O2. The minimum atomic E-state index is -0.443. The summed E-state index contributed by atoms with van der Waals surface area (Å²) in [4.78, 5) is 12.3. The first-order valence-electron chi connectivity index (χ1n) is 8.37. The normalized spacial score (nSPS) is 11.3. The summed E-state index contributed by atoms with van der Waals surface area (Å²) in [5, 5.41) is 12.7. The molecule has 0 unspecified atom stereocenters. The van der Waals surface area contributed by atoms with Gasteiger partial charge < -0.3 is 14.3 Å².